The molecule has 5 heteroatoms. The summed E-state index contributed by atoms with van der Waals surface area (Å²) in [5.41, 5.74) is 1.81. The fourth-order valence-electron chi connectivity index (χ4n) is 2.76. The van der Waals surface area contributed by atoms with E-state index in [-0.39, 0.29) is 25.2 Å². The first-order chi connectivity index (χ1) is 10.5. The van der Waals surface area contributed by atoms with Gasteiger partial charge >= 0.3 is 0 Å². The molecule has 2 aliphatic heterocycles. The number of likely N-dealkylation sites (N-methyl/N-ethyl adjacent to an activating group) is 2. The van der Waals surface area contributed by atoms with Crippen molar-refractivity contribution in [1.29, 1.82) is 0 Å². The van der Waals surface area contributed by atoms with Gasteiger partial charge in [0.25, 0.3) is 0 Å². The number of benzene rings is 1. The van der Waals surface area contributed by atoms with Crippen molar-refractivity contribution >= 4 is 11.6 Å². The molecule has 2 N–H and O–H groups in total. The second kappa shape index (κ2) is 5.73. The summed E-state index contributed by atoms with van der Waals surface area (Å²) < 4.78 is 4.98. The third kappa shape index (κ3) is 2.73. The van der Waals surface area contributed by atoms with Crippen molar-refractivity contribution < 1.29 is 14.6 Å². The number of hydrogen-bond donors (Lipinski definition) is 2. The van der Waals surface area contributed by atoms with Crippen LogP contribution in [-0.4, -0.2) is 50.0 Å². The van der Waals surface area contributed by atoms with Crippen LogP contribution in [0.15, 0.2) is 18.2 Å². The summed E-state index contributed by atoms with van der Waals surface area (Å²) >= 11 is 0. The molecular formula is C17H20N2O3. The Labute approximate surface area is 130 Å². The van der Waals surface area contributed by atoms with Gasteiger partial charge in [0.05, 0.1) is 19.3 Å². The summed E-state index contributed by atoms with van der Waals surface area (Å²) in [5.74, 6) is 5.90. The number of aryl methyl sites for hydroxylation is 1. The molecule has 5 nitrogen and oxygen atoms in total. The molecule has 1 aromatic carbocycles. The number of nitrogens with zero attached hydrogens (tertiary/aromatic N) is 1. The number of ether oxygens (including phenoxy) is 1. The molecule has 116 valence electrons. The Morgan fingerprint density at radius 2 is 2.23 bits per heavy atom. The molecule has 2 aliphatic rings. The lowest BCUT2D eigenvalue weighted by Gasteiger charge is -2.30. The number of rotatable bonds is 1. The van der Waals surface area contributed by atoms with Crippen LogP contribution in [0.2, 0.25) is 0 Å². The fourth-order valence-corrected chi connectivity index (χ4v) is 2.76. The van der Waals surface area contributed by atoms with Crippen molar-refractivity contribution in [2.24, 2.45) is 0 Å². The van der Waals surface area contributed by atoms with E-state index in [1.54, 1.807) is 11.9 Å². The smallest absolute Gasteiger partial charge is 0.243 e. The first-order valence-corrected chi connectivity index (χ1v) is 7.43. The number of aliphatic hydroxyl groups is 1. The molecule has 1 amide bonds. The van der Waals surface area contributed by atoms with Crippen LogP contribution in [0.1, 0.15) is 17.5 Å². The van der Waals surface area contributed by atoms with Crippen LogP contribution in [0, 0.1) is 11.8 Å². The highest BCUT2D eigenvalue weighted by Crippen LogP contribution is 2.27. The van der Waals surface area contributed by atoms with Gasteiger partial charge in [0, 0.05) is 18.3 Å². The number of hydrogen-bond acceptors (Lipinski definition) is 4. The zero-order valence-electron chi connectivity index (χ0n) is 12.8. The third-order valence-electron chi connectivity index (χ3n) is 4.25. The van der Waals surface area contributed by atoms with Gasteiger partial charge in [0.2, 0.25) is 5.91 Å². The third-order valence-corrected chi connectivity index (χ3v) is 4.25. The maximum atomic E-state index is 12.4. The highest BCUT2D eigenvalue weighted by Gasteiger charge is 2.34. The first-order valence-electron chi connectivity index (χ1n) is 7.43. The molecule has 0 aromatic heterocycles. The van der Waals surface area contributed by atoms with Gasteiger partial charge in [0.15, 0.2) is 5.60 Å². The SMILES string of the molecule is CNC1CCc2ccc(C#CC3(O)COC3)cc2N(C)C1=O. The Hall–Kier alpha value is -1.87. The van der Waals surface area contributed by atoms with Crippen molar-refractivity contribution in [3.8, 4) is 11.8 Å². The first kappa shape index (κ1) is 15.0. The quantitative estimate of drug-likeness (QED) is 0.732. The Morgan fingerprint density at radius 3 is 2.86 bits per heavy atom. The Bertz CT molecular complexity index is 656. The van der Waals surface area contributed by atoms with E-state index in [2.05, 4.69) is 17.2 Å². The maximum absolute atomic E-state index is 12.4. The van der Waals surface area contributed by atoms with Crippen molar-refractivity contribution in [3.63, 3.8) is 0 Å². The second-order valence-corrected chi connectivity index (χ2v) is 5.90. The standard InChI is InChI=1S/C17H20N2O3/c1-18-14-6-5-13-4-3-12(7-8-17(21)10-22-11-17)9-15(13)19(2)16(14)20/h3-4,9,14,18,21H,5-6,10-11H2,1-2H3. The summed E-state index contributed by atoms with van der Waals surface area (Å²) in [4.78, 5) is 14.1. The van der Waals surface area contributed by atoms with E-state index >= 15 is 0 Å². The van der Waals surface area contributed by atoms with Crippen molar-refractivity contribution in [2.45, 2.75) is 24.5 Å². The molecule has 0 bridgehead atoms. The summed E-state index contributed by atoms with van der Waals surface area (Å²) in [6.07, 6.45) is 1.64. The van der Waals surface area contributed by atoms with Crippen LogP contribution < -0.4 is 10.2 Å². The van der Waals surface area contributed by atoms with E-state index in [1.807, 2.05) is 25.2 Å². The monoisotopic (exact) mass is 300 g/mol. The van der Waals surface area contributed by atoms with E-state index in [0.717, 1.165) is 29.7 Å². The topological polar surface area (TPSA) is 61.8 Å². The van der Waals surface area contributed by atoms with Crippen LogP contribution in [0.5, 0.6) is 0 Å². The van der Waals surface area contributed by atoms with Gasteiger partial charge in [-0.2, -0.15) is 0 Å². The highest BCUT2D eigenvalue weighted by atomic mass is 16.5. The number of carbonyl (C=O) groups is 1. The zero-order valence-corrected chi connectivity index (χ0v) is 12.8. The van der Waals surface area contributed by atoms with Gasteiger partial charge in [-0.1, -0.05) is 17.9 Å². The summed E-state index contributed by atoms with van der Waals surface area (Å²) in [5, 5.41) is 13.0. The normalized spacial score (nSPS) is 23.0. The van der Waals surface area contributed by atoms with Crippen LogP contribution in [0.25, 0.3) is 0 Å². The summed E-state index contributed by atoms with van der Waals surface area (Å²) in [7, 11) is 3.60. The lowest BCUT2D eigenvalue weighted by molar-refractivity contribution is -0.140. The average molecular weight is 300 g/mol. The van der Waals surface area contributed by atoms with Crippen LogP contribution in [0.3, 0.4) is 0 Å². The van der Waals surface area contributed by atoms with E-state index in [0.29, 0.717) is 0 Å². The Kier molecular flexibility index (Phi) is 3.92. The highest BCUT2D eigenvalue weighted by molar-refractivity contribution is 5.98. The number of nitrogens with one attached hydrogen (secondary N) is 1. The van der Waals surface area contributed by atoms with E-state index in [4.69, 9.17) is 4.74 Å². The Balaban J connectivity index is 1.90. The summed E-state index contributed by atoms with van der Waals surface area (Å²) in [6.45, 7) is 0.514. The van der Waals surface area contributed by atoms with E-state index < -0.39 is 5.60 Å². The van der Waals surface area contributed by atoms with Gasteiger partial charge in [-0.15, -0.1) is 0 Å². The van der Waals surface area contributed by atoms with Gasteiger partial charge < -0.3 is 20.1 Å². The molecule has 0 aliphatic carbocycles. The second-order valence-electron chi connectivity index (χ2n) is 5.90. The molecule has 0 spiro atoms. The lowest BCUT2D eigenvalue weighted by atomic mass is 10.0. The number of anilines is 1. The molecule has 22 heavy (non-hydrogen) atoms. The van der Waals surface area contributed by atoms with Crippen molar-refractivity contribution in [1.82, 2.24) is 5.32 Å². The maximum Gasteiger partial charge on any atom is 0.243 e. The van der Waals surface area contributed by atoms with Gasteiger partial charge in [-0.3, -0.25) is 4.79 Å². The molecule has 1 fully saturated rings. The van der Waals surface area contributed by atoms with Gasteiger partial charge in [-0.05, 0) is 37.6 Å². The fraction of sp³-hybridized carbons (Fsp3) is 0.471. The molecular weight excluding hydrogens is 280 g/mol. The number of amides is 1. The molecule has 1 atom stereocenters. The minimum absolute atomic E-state index is 0.0670. The number of carbonyl (C=O) groups excluding carboxylic acids is 1. The molecule has 0 radical (unpaired) electrons. The molecule has 2 heterocycles. The minimum atomic E-state index is -1.02. The van der Waals surface area contributed by atoms with Crippen LogP contribution >= 0.6 is 0 Å². The van der Waals surface area contributed by atoms with E-state index in [1.165, 1.54) is 0 Å². The zero-order chi connectivity index (χ0) is 15.7. The van der Waals surface area contributed by atoms with Gasteiger partial charge in [0.1, 0.15) is 0 Å². The average Bonchev–Trinajstić information content (AvgIpc) is 2.61. The van der Waals surface area contributed by atoms with Crippen LogP contribution in [0.4, 0.5) is 5.69 Å². The van der Waals surface area contributed by atoms with E-state index in [9.17, 15) is 9.90 Å². The molecule has 1 aromatic rings. The Morgan fingerprint density at radius 1 is 1.45 bits per heavy atom. The molecule has 1 unspecified atom stereocenters. The predicted molar refractivity (Wildman–Crippen MR) is 83.7 cm³/mol. The lowest BCUT2D eigenvalue weighted by Crippen LogP contribution is -2.48. The largest absolute Gasteiger partial charge is 0.373 e. The van der Waals surface area contributed by atoms with Crippen molar-refractivity contribution in [3.05, 3.63) is 29.3 Å². The molecule has 0 saturated carbocycles. The molecule has 1 saturated heterocycles. The summed E-state index contributed by atoms with van der Waals surface area (Å²) in [6, 6.07) is 5.72. The number of fused-ring (bicyclic) bond motifs is 1. The minimum Gasteiger partial charge on any atom is -0.373 e. The van der Waals surface area contributed by atoms with Crippen molar-refractivity contribution in [2.75, 3.05) is 32.2 Å². The molecule has 3 rings (SSSR count). The predicted octanol–water partition coefficient (Wildman–Crippen LogP) is 0.296. The van der Waals surface area contributed by atoms with Gasteiger partial charge in [-0.25, -0.2) is 0 Å². The van der Waals surface area contributed by atoms with Crippen LogP contribution in [-0.2, 0) is 16.0 Å².